The fourth-order valence-electron chi connectivity index (χ4n) is 2.79. The molecular weight excluding hydrogens is 322 g/mol. The van der Waals surface area contributed by atoms with Gasteiger partial charge in [-0.3, -0.25) is 0 Å². The Balaban J connectivity index is 1.60. The van der Waals surface area contributed by atoms with Crippen LogP contribution in [0.2, 0.25) is 0 Å². The van der Waals surface area contributed by atoms with E-state index in [4.69, 9.17) is 4.74 Å². The Bertz CT molecular complexity index is 998. The van der Waals surface area contributed by atoms with E-state index < -0.39 is 5.97 Å². The third-order valence-electron chi connectivity index (χ3n) is 4.24. The van der Waals surface area contributed by atoms with Gasteiger partial charge in [0.2, 0.25) is 5.90 Å². The van der Waals surface area contributed by atoms with Crippen molar-refractivity contribution in [3.8, 4) is 11.1 Å². The number of hydrogen-bond donors (Lipinski definition) is 0. The first-order valence-corrected chi connectivity index (χ1v) is 8.44. The van der Waals surface area contributed by atoms with Crippen molar-refractivity contribution in [1.29, 1.82) is 0 Å². The molecule has 3 heteroatoms. The molecule has 0 fully saturated rings. The number of esters is 1. The third-order valence-corrected chi connectivity index (χ3v) is 4.24. The lowest BCUT2D eigenvalue weighted by Gasteiger charge is -2.03. The molecule has 0 unspecified atom stereocenters. The van der Waals surface area contributed by atoms with Crippen molar-refractivity contribution in [2.75, 3.05) is 0 Å². The van der Waals surface area contributed by atoms with Gasteiger partial charge in [0.1, 0.15) is 0 Å². The molecule has 0 N–H and O–H groups in total. The molecule has 26 heavy (non-hydrogen) atoms. The number of carbonyl (C=O) groups excluding carboxylic acids is 1. The predicted molar refractivity (Wildman–Crippen MR) is 104 cm³/mol. The Morgan fingerprint density at radius 1 is 0.769 bits per heavy atom. The summed E-state index contributed by atoms with van der Waals surface area (Å²) < 4.78 is 5.34. The number of nitrogens with zero attached hydrogens (tertiary/aromatic N) is 1. The zero-order chi connectivity index (χ0) is 17.9. The summed E-state index contributed by atoms with van der Waals surface area (Å²) in [4.78, 5) is 16.5. The summed E-state index contributed by atoms with van der Waals surface area (Å²) >= 11 is 0. The second kappa shape index (κ2) is 6.81. The number of aryl methyl sites for hydroxylation is 1. The van der Waals surface area contributed by atoms with Crippen LogP contribution >= 0.6 is 0 Å². The van der Waals surface area contributed by atoms with Gasteiger partial charge in [-0.15, -0.1) is 0 Å². The van der Waals surface area contributed by atoms with E-state index in [0.29, 0.717) is 11.6 Å². The summed E-state index contributed by atoms with van der Waals surface area (Å²) in [6.07, 6.45) is 1.74. The summed E-state index contributed by atoms with van der Waals surface area (Å²) in [5.41, 5.74) is 5.44. The molecule has 3 aromatic rings. The Morgan fingerprint density at radius 2 is 1.38 bits per heavy atom. The molecule has 0 saturated heterocycles. The van der Waals surface area contributed by atoms with E-state index in [1.165, 1.54) is 5.56 Å². The van der Waals surface area contributed by atoms with Crippen LogP contribution < -0.4 is 0 Å². The SMILES string of the molecule is Cc1ccc(/C=C2\N=C(c3ccc(-c4ccccc4)cc3)OC2=O)cc1. The number of benzene rings is 3. The summed E-state index contributed by atoms with van der Waals surface area (Å²) in [6.45, 7) is 2.02. The van der Waals surface area contributed by atoms with E-state index in [-0.39, 0.29) is 0 Å². The van der Waals surface area contributed by atoms with Crippen molar-refractivity contribution in [3.63, 3.8) is 0 Å². The Hall–Kier alpha value is -3.46. The highest BCUT2D eigenvalue weighted by Gasteiger charge is 2.24. The van der Waals surface area contributed by atoms with Gasteiger partial charge < -0.3 is 4.74 Å². The number of rotatable bonds is 3. The monoisotopic (exact) mass is 339 g/mol. The van der Waals surface area contributed by atoms with Crippen molar-refractivity contribution < 1.29 is 9.53 Å². The molecule has 0 bridgehead atoms. The highest BCUT2D eigenvalue weighted by molar-refractivity contribution is 6.12. The number of cyclic esters (lactones) is 1. The molecule has 1 aliphatic rings. The lowest BCUT2D eigenvalue weighted by molar-refractivity contribution is -0.129. The second-order valence-electron chi connectivity index (χ2n) is 6.19. The molecule has 0 aliphatic carbocycles. The number of ether oxygens (including phenoxy) is 1. The first kappa shape index (κ1) is 16.0. The van der Waals surface area contributed by atoms with Crippen LogP contribution in [0.1, 0.15) is 16.7 Å². The molecule has 0 atom stereocenters. The largest absolute Gasteiger partial charge is 0.402 e. The lowest BCUT2D eigenvalue weighted by atomic mass is 10.0. The van der Waals surface area contributed by atoms with Gasteiger partial charge in [-0.05, 0) is 41.8 Å². The van der Waals surface area contributed by atoms with Crippen molar-refractivity contribution in [3.05, 3.63) is 101 Å². The van der Waals surface area contributed by atoms with Crippen LogP contribution in [0, 0.1) is 6.92 Å². The lowest BCUT2D eigenvalue weighted by Crippen LogP contribution is -2.05. The van der Waals surface area contributed by atoms with Crippen LogP contribution in [0.3, 0.4) is 0 Å². The molecule has 0 spiro atoms. The topological polar surface area (TPSA) is 38.7 Å². The van der Waals surface area contributed by atoms with Crippen LogP contribution in [0.5, 0.6) is 0 Å². The molecule has 0 radical (unpaired) electrons. The smallest absolute Gasteiger partial charge is 0.363 e. The molecule has 0 saturated carbocycles. The minimum atomic E-state index is -0.423. The van der Waals surface area contributed by atoms with E-state index in [2.05, 4.69) is 17.1 Å². The second-order valence-corrected chi connectivity index (χ2v) is 6.19. The van der Waals surface area contributed by atoms with Gasteiger partial charge in [-0.25, -0.2) is 9.79 Å². The van der Waals surface area contributed by atoms with E-state index >= 15 is 0 Å². The summed E-state index contributed by atoms with van der Waals surface area (Å²) in [5.74, 6) is -0.0827. The predicted octanol–water partition coefficient (Wildman–Crippen LogP) is 5.01. The molecule has 126 valence electrons. The minimum absolute atomic E-state index is 0.316. The minimum Gasteiger partial charge on any atom is -0.402 e. The summed E-state index contributed by atoms with van der Waals surface area (Å²) in [5, 5.41) is 0. The van der Waals surface area contributed by atoms with Gasteiger partial charge in [0.05, 0.1) is 0 Å². The third kappa shape index (κ3) is 3.33. The van der Waals surface area contributed by atoms with Crippen LogP contribution in [-0.2, 0) is 9.53 Å². The molecule has 0 aromatic heterocycles. The normalized spacial score (nSPS) is 15.0. The van der Waals surface area contributed by atoms with Gasteiger partial charge in [-0.1, -0.05) is 72.3 Å². The van der Waals surface area contributed by atoms with Gasteiger partial charge >= 0.3 is 5.97 Å². The molecule has 1 aliphatic heterocycles. The average molecular weight is 339 g/mol. The van der Waals surface area contributed by atoms with Gasteiger partial charge in [0.15, 0.2) is 5.70 Å². The van der Waals surface area contributed by atoms with E-state index in [1.807, 2.05) is 73.7 Å². The van der Waals surface area contributed by atoms with Crippen molar-refractivity contribution in [2.24, 2.45) is 4.99 Å². The van der Waals surface area contributed by atoms with Crippen LogP contribution in [0.25, 0.3) is 17.2 Å². The Labute approximate surface area is 152 Å². The maximum absolute atomic E-state index is 12.1. The number of aliphatic imine (C=N–C) groups is 1. The van der Waals surface area contributed by atoms with Crippen molar-refractivity contribution in [2.45, 2.75) is 6.92 Å². The Morgan fingerprint density at radius 3 is 2.08 bits per heavy atom. The molecule has 4 rings (SSSR count). The quantitative estimate of drug-likeness (QED) is 0.497. The summed E-state index contributed by atoms with van der Waals surface area (Å²) in [6, 6.07) is 25.9. The van der Waals surface area contributed by atoms with E-state index in [9.17, 15) is 4.79 Å². The fourth-order valence-corrected chi connectivity index (χ4v) is 2.79. The molecule has 1 heterocycles. The van der Waals surface area contributed by atoms with E-state index in [1.54, 1.807) is 6.08 Å². The Kier molecular flexibility index (Phi) is 4.20. The highest BCUT2D eigenvalue weighted by Crippen LogP contribution is 2.23. The standard InChI is InChI=1S/C23H17NO2/c1-16-7-9-17(10-8-16)15-21-23(25)26-22(24-21)20-13-11-19(12-14-20)18-5-3-2-4-6-18/h2-15H,1H3/b21-15-. The first-order valence-electron chi connectivity index (χ1n) is 8.44. The zero-order valence-electron chi connectivity index (χ0n) is 14.3. The molecule has 0 amide bonds. The van der Waals surface area contributed by atoms with Crippen LogP contribution in [-0.4, -0.2) is 11.9 Å². The van der Waals surface area contributed by atoms with Crippen LogP contribution in [0.15, 0.2) is 89.6 Å². The van der Waals surface area contributed by atoms with Crippen molar-refractivity contribution >= 4 is 17.9 Å². The van der Waals surface area contributed by atoms with Gasteiger partial charge in [0, 0.05) is 5.56 Å². The van der Waals surface area contributed by atoms with Gasteiger partial charge in [0.25, 0.3) is 0 Å². The average Bonchev–Trinajstić information content (AvgIpc) is 3.05. The van der Waals surface area contributed by atoms with Crippen LogP contribution in [0.4, 0.5) is 0 Å². The van der Waals surface area contributed by atoms with Crippen molar-refractivity contribution in [1.82, 2.24) is 0 Å². The van der Waals surface area contributed by atoms with E-state index in [0.717, 1.165) is 22.3 Å². The fraction of sp³-hybridized carbons (Fsp3) is 0.0435. The number of hydrogen-bond acceptors (Lipinski definition) is 3. The number of carbonyl (C=O) groups is 1. The zero-order valence-corrected chi connectivity index (χ0v) is 14.3. The summed E-state index contributed by atoms with van der Waals surface area (Å²) in [7, 11) is 0. The molecule has 3 nitrogen and oxygen atoms in total. The first-order chi connectivity index (χ1) is 12.7. The molecular formula is C23H17NO2. The van der Waals surface area contributed by atoms with Gasteiger partial charge in [-0.2, -0.15) is 0 Å². The maximum atomic E-state index is 12.1. The maximum Gasteiger partial charge on any atom is 0.363 e. The molecule has 3 aromatic carbocycles. The highest BCUT2D eigenvalue weighted by atomic mass is 16.6.